The van der Waals surface area contributed by atoms with Crippen molar-refractivity contribution in [2.24, 2.45) is 11.8 Å². The molecule has 15 heavy (non-hydrogen) atoms. The molecule has 0 saturated heterocycles. The number of alkyl carbamates (subject to hydrolysis) is 1. The standard InChI is InChI=1S/C11H16INO2/c1-11(2,3)15-10(14)13-7-9-6-8(9)4-5-12/h8-9H,6-7H2,1-3H3,(H,13,14)/t8-,9+/m1/s1. The zero-order valence-electron chi connectivity index (χ0n) is 9.26. The number of hydrogen-bond acceptors (Lipinski definition) is 2. The minimum Gasteiger partial charge on any atom is -0.444 e. The molecule has 0 radical (unpaired) electrons. The summed E-state index contributed by atoms with van der Waals surface area (Å²) >= 11 is 2.04. The van der Waals surface area contributed by atoms with Crippen LogP contribution in [0.4, 0.5) is 4.79 Å². The van der Waals surface area contributed by atoms with Gasteiger partial charge in [-0.1, -0.05) is 5.92 Å². The maximum atomic E-state index is 11.3. The smallest absolute Gasteiger partial charge is 0.407 e. The molecule has 1 fully saturated rings. The molecule has 1 aliphatic carbocycles. The Morgan fingerprint density at radius 2 is 2.27 bits per heavy atom. The Morgan fingerprint density at radius 3 is 2.80 bits per heavy atom. The number of hydrogen-bond donors (Lipinski definition) is 1. The second kappa shape index (κ2) is 5.06. The fourth-order valence-electron chi connectivity index (χ4n) is 1.25. The van der Waals surface area contributed by atoms with Gasteiger partial charge in [-0.15, -0.1) is 0 Å². The molecule has 1 aliphatic rings. The van der Waals surface area contributed by atoms with E-state index in [0.717, 1.165) is 6.42 Å². The quantitative estimate of drug-likeness (QED) is 0.627. The van der Waals surface area contributed by atoms with Crippen molar-refractivity contribution < 1.29 is 9.53 Å². The maximum Gasteiger partial charge on any atom is 0.407 e. The molecule has 1 amide bonds. The molecule has 0 aromatic rings. The van der Waals surface area contributed by atoms with Crippen molar-refractivity contribution >= 4 is 28.7 Å². The van der Waals surface area contributed by atoms with Crippen molar-refractivity contribution in [3.8, 4) is 9.85 Å². The van der Waals surface area contributed by atoms with E-state index in [4.69, 9.17) is 4.74 Å². The molecular formula is C11H16INO2. The van der Waals surface area contributed by atoms with Gasteiger partial charge in [-0.25, -0.2) is 4.79 Å². The van der Waals surface area contributed by atoms with Crippen molar-refractivity contribution in [1.82, 2.24) is 5.32 Å². The highest BCUT2D eigenvalue weighted by Gasteiger charge is 2.35. The summed E-state index contributed by atoms with van der Waals surface area (Å²) in [4.78, 5) is 11.3. The van der Waals surface area contributed by atoms with Gasteiger partial charge in [0.15, 0.2) is 0 Å². The zero-order chi connectivity index (χ0) is 11.5. The molecule has 1 rings (SSSR count). The second-order valence-corrected chi connectivity index (χ2v) is 5.26. The van der Waals surface area contributed by atoms with Crippen LogP contribution >= 0.6 is 22.6 Å². The molecule has 1 saturated carbocycles. The van der Waals surface area contributed by atoms with Crippen molar-refractivity contribution in [2.45, 2.75) is 32.8 Å². The molecule has 0 unspecified atom stereocenters. The van der Waals surface area contributed by atoms with E-state index in [1.54, 1.807) is 0 Å². The average Bonchev–Trinajstić information content (AvgIpc) is 2.78. The summed E-state index contributed by atoms with van der Waals surface area (Å²) in [5, 5.41) is 2.76. The van der Waals surface area contributed by atoms with Gasteiger partial charge >= 0.3 is 6.09 Å². The number of rotatable bonds is 2. The Hall–Kier alpha value is -0.440. The Kier molecular flexibility index (Phi) is 4.26. The molecule has 0 heterocycles. The Morgan fingerprint density at radius 1 is 1.60 bits per heavy atom. The highest BCUT2D eigenvalue weighted by molar-refractivity contribution is 14.1. The zero-order valence-corrected chi connectivity index (χ0v) is 11.4. The predicted octanol–water partition coefficient (Wildman–Crippen LogP) is 2.54. The summed E-state index contributed by atoms with van der Waals surface area (Å²) in [6, 6.07) is 0. The van der Waals surface area contributed by atoms with Crippen LogP contribution in [0.3, 0.4) is 0 Å². The van der Waals surface area contributed by atoms with Gasteiger partial charge in [0, 0.05) is 35.1 Å². The lowest BCUT2D eigenvalue weighted by atomic mass is 10.2. The van der Waals surface area contributed by atoms with Crippen molar-refractivity contribution in [3.05, 3.63) is 0 Å². The van der Waals surface area contributed by atoms with Crippen LogP contribution in [-0.2, 0) is 4.74 Å². The van der Waals surface area contributed by atoms with Gasteiger partial charge in [0.2, 0.25) is 0 Å². The van der Waals surface area contributed by atoms with Crippen LogP contribution in [0.25, 0.3) is 0 Å². The van der Waals surface area contributed by atoms with Gasteiger partial charge in [-0.05, 0) is 37.0 Å². The van der Waals surface area contributed by atoms with E-state index in [1.165, 1.54) is 0 Å². The molecule has 0 aliphatic heterocycles. The molecule has 2 atom stereocenters. The topological polar surface area (TPSA) is 38.3 Å². The van der Waals surface area contributed by atoms with E-state index in [2.05, 4.69) is 15.2 Å². The van der Waals surface area contributed by atoms with Gasteiger partial charge in [0.05, 0.1) is 0 Å². The first kappa shape index (κ1) is 12.6. The van der Waals surface area contributed by atoms with Crippen molar-refractivity contribution in [3.63, 3.8) is 0 Å². The Bertz CT molecular complexity index is 298. The van der Waals surface area contributed by atoms with Crippen LogP contribution in [0.5, 0.6) is 0 Å². The lowest BCUT2D eigenvalue weighted by molar-refractivity contribution is 0.0525. The van der Waals surface area contributed by atoms with Crippen molar-refractivity contribution in [1.29, 1.82) is 0 Å². The van der Waals surface area contributed by atoms with E-state index in [1.807, 2.05) is 43.4 Å². The van der Waals surface area contributed by atoms with Crippen LogP contribution < -0.4 is 5.32 Å². The van der Waals surface area contributed by atoms with Gasteiger partial charge in [-0.3, -0.25) is 0 Å². The van der Waals surface area contributed by atoms with Gasteiger partial charge in [0.1, 0.15) is 5.60 Å². The molecule has 0 aromatic heterocycles. The van der Waals surface area contributed by atoms with E-state index in [-0.39, 0.29) is 6.09 Å². The predicted molar refractivity (Wildman–Crippen MR) is 67.6 cm³/mol. The minimum atomic E-state index is -0.422. The third-order valence-electron chi connectivity index (χ3n) is 2.07. The highest BCUT2D eigenvalue weighted by atomic mass is 127. The first-order valence-electron chi connectivity index (χ1n) is 5.00. The second-order valence-electron chi connectivity index (χ2n) is 4.72. The number of carbonyl (C=O) groups excluding carboxylic acids is 1. The lowest BCUT2D eigenvalue weighted by Crippen LogP contribution is -2.33. The summed E-state index contributed by atoms with van der Waals surface area (Å²) in [7, 11) is 0. The molecule has 3 nitrogen and oxygen atoms in total. The van der Waals surface area contributed by atoms with Gasteiger partial charge in [0.25, 0.3) is 0 Å². The molecular weight excluding hydrogens is 305 g/mol. The van der Waals surface area contributed by atoms with Crippen LogP contribution in [0.1, 0.15) is 27.2 Å². The van der Waals surface area contributed by atoms with E-state index in [0.29, 0.717) is 18.4 Å². The molecule has 0 bridgehead atoms. The first-order valence-corrected chi connectivity index (χ1v) is 6.08. The maximum absolute atomic E-state index is 11.3. The van der Waals surface area contributed by atoms with Crippen LogP contribution in [0, 0.1) is 21.7 Å². The molecule has 84 valence electrons. The van der Waals surface area contributed by atoms with Gasteiger partial charge < -0.3 is 10.1 Å². The lowest BCUT2D eigenvalue weighted by Gasteiger charge is -2.19. The summed E-state index contributed by atoms with van der Waals surface area (Å²) < 4.78 is 7.99. The fourth-order valence-corrected chi connectivity index (χ4v) is 1.65. The number of amides is 1. The third-order valence-corrected chi connectivity index (χ3v) is 2.38. The average molecular weight is 321 g/mol. The molecule has 1 N–H and O–H groups in total. The summed E-state index contributed by atoms with van der Waals surface area (Å²) in [5.41, 5.74) is -0.422. The van der Waals surface area contributed by atoms with Crippen molar-refractivity contribution in [2.75, 3.05) is 6.54 Å². The third kappa shape index (κ3) is 5.26. The number of ether oxygens (including phenoxy) is 1. The van der Waals surface area contributed by atoms with Crippen LogP contribution in [0.15, 0.2) is 0 Å². The largest absolute Gasteiger partial charge is 0.444 e. The normalized spacial score (nSPS) is 23.7. The molecule has 0 aromatic carbocycles. The first-order chi connectivity index (χ1) is 6.92. The minimum absolute atomic E-state index is 0.337. The summed E-state index contributed by atoms with van der Waals surface area (Å²) in [5.74, 6) is 4.07. The Labute approximate surface area is 104 Å². The number of halogens is 1. The highest BCUT2D eigenvalue weighted by Crippen LogP contribution is 2.37. The van der Waals surface area contributed by atoms with E-state index < -0.39 is 5.60 Å². The SMILES string of the molecule is CC(C)(C)OC(=O)NC[C@@H]1C[C@H]1C#CI. The summed E-state index contributed by atoms with van der Waals surface area (Å²) in [6.07, 6.45) is 0.752. The van der Waals surface area contributed by atoms with Crippen LogP contribution in [0.2, 0.25) is 0 Å². The van der Waals surface area contributed by atoms with E-state index >= 15 is 0 Å². The monoisotopic (exact) mass is 321 g/mol. The molecule has 0 spiro atoms. The number of carbonyl (C=O) groups is 1. The molecule has 4 heteroatoms. The summed E-state index contributed by atoms with van der Waals surface area (Å²) in [6.45, 7) is 6.24. The van der Waals surface area contributed by atoms with Gasteiger partial charge in [-0.2, -0.15) is 0 Å². The van der Waals surface area contributed by atoms with E-state index in [9.17, 15) is 4.79 Å². The Balaban J connectivity index is 2.16. The van der Waals surface area contributed by atoms with Crippen LogP contribution in [-0.4, -0.2) is 18.2 Å². The number of nitrogens with one attached hydrogen (secondary N) is 1. The fraction of sp³-hybridized carbons (Fsp3) is 0.727.